The maximum absolute atomic E-state index is 5.61. The van der Waals surface area contributed by atoms with E-state index in [2.05, 4.69) is 24.1 Å². The molecule has 2 heterocycles. The lowest BCUT2D eigenvalue weighted by atomic mass is 10.2. The van der Waals surface area contributed by atoms with Crippen molar-refractivity contribution in [3.05, 3.63) is 12.0 Å². The van der Waals surface area contributed by atoms with E-state index in [0.29, 0.717) is 18.2 Å². The zero-order valence-electron chi connectivity index (χ0n) is 11.5. The molecule has 1 aromatic heterocycles. The van der Waals surface area contributed by atoms with Crippen molar-refractivity contribution in [2.45, 2.75) is 45.4 Å². The number of likely N-dealkylation sites (N-methyl/N-ethyl adjacent to an activating group) is 1. The van der Waals surface area contributed by atoms with E-state index in [4.69, 9.17) is 9.15 Å². The normalized spacial score (nSPS) is 19.7. The monoisotopic (exact) mass is 253 g/mol. The van der Waals surface area contributed by atoms with E-state index < -0.39 is 0 Å². The summed E-state index contributed by atoms with van der Waals surface area (Å²) in [6.07, 6.45) is 4.33. The van der Waals surface area contributed by atoms with Crippen LogP contribution in [0.1, 0.15) is 32.4 Å². The third kappa shape index (κ3) is 3.71. The molecule has 1 unspecified atom stereocenters. The molecule has 1 fully saturated rings. The SMILES string of the molecule is CC(C)NCc1coc(N(C)CC2CCCO2)n1. The molecular weight excluding hydrogens is 230 g/mol. The fraction of sp³-hybridized carbons (Fsp3) is 0.769. The van der Waals surface area contributed by atoms with Crippen LogP contribution >= 0.6 is 0 Å². The lowest BCUT2D eigenvalue weighted by molar-refractivity contribution is 0.115. The fourth-order valence-electron chi connectivity index (χ4n) is 2.03. The summed E-state index contributed by atoms with van der Waals surface area (Å²) in [6, 6.07) is 1.13. The molecule has 1 aliphatic heterocycles. The molecule has 5 heteroatoms. The van der Waals surface area contributed by atoms with Crippen molar-refractivity contribution in [2.75, 3.05) is 25.1 Å². The van der Waals surface area contributed by atoms with Crippen molar-refractivity contribution < 1.29 is 9.15 Å². The number of oxazole rings is 1. The molecule has 0 amide bonds. The van der Waals surface area contributed by atoms with Gasteiger partial charge in [0.15, 0.2) is 0 Å². The summed E-state index contributed by atoms with van der Waals surface area (Å²) >= 11 is 0. The van der Waals surface area contributed by atoms with E-state index in [1.807, 2.05) is 11.9 Å². The third-order valence-electron chi connectivity index (χ3n) is 3.06. The average Bonchev–Trinajstić information content (AvgIpc) is 2.96. The standard InChI is InChI=1S/C13H23N3O2/c1-10(2)14-7-11-9-18-13(15-11)16(3)8-12-5-4-6-17-12/h9-10,12,14H,4-8H2,1-3H3. The van der Waals surface area contributed by atoms with Crippen LogP contribution in [-0.4, -0.2) is 37.3 Å². The summed E-state index contributed by atoms with van der Waals surface area (Å²) in [5.41, 5.74) is 0.942. The van der Waals surface area contributed by atoms with Crippen LogP contribution < -0.4 is 10.2 Å². The van der Waals surface area contributed by atoms with Crippen LogP contribution in [0, 0.1) is 0 Å². The van der Waals surface area contributed by atoms with Gasteiger partial charge in [-0.3, -0.25) is 0 Å². The number of hydrogen-bond acceptors (Lipinski definition) is 5. The van der Waals surface area contributed by atoms with E-state index in [-0.39, 0.29) is 0 Å². The number of nitrogens with one attached hydrogen (secondary N) is 1. The van der Waals surface area contributed by atoms with E-state index >= 15 is 0 Å². The molecule has 0 aromatic carbocycles. The zero-order chi connectivity index (χ0) is 13.0. The van der Waals surface area contributed by atoms with Gasteiger partial charge in [-0.05, 0) is 12.8 Å². The van der Waals surface area contributed by atoms with Gasteiger partial charge in [-0.25, -0.2) is 0 Å². The molecule has 1 saturated heterocycles. The Kier molecular flexibility index (Phi) is 4.60. The van der Waals surface area contributed by atoms with Crippen LogP contribution in [0.25, 0.3) is 0 Å². The average molecular weight is 253 g/mol. The van der Waals surface area contributed by atoms with Crippen molar-refractivity contribution in [3.63, 3.8) is 0 Å². The lowest BCUT2D eigenvalue weighted by Gasteiger charge is -2.18. The molecule has 0 aliphatic carbocycles. The quantitative estimate of drug-likeness (QED) is 0.837. The summed E-state index contributed by atoms with van der Waals surface area (Å²) in [5.74, 6) is 0. The van der Waals surface area contributed by atoms with E-state index in [9.17, 15) is 0 Å². The largest absolute Gasteiger partial charge is 0.432 e. The van der Waals surface area contributed by atoms with Gasteiger partial charge in [-0.1, -0.05) is 13.8 Å². The maximum atomic E-state index is 5.61. The number of anilines is 1. The summed E-state index contributed by atoms with van der Waals surface area (Å²) < 4.78 is 11.1. The van der Waals surface area contributed by atoms with Crippen LogP contribution in [0.4, 0.5) is 6.01 Å². The van der Waals surface area contributed by atoms with Crippen molar-refractivity contribution in [1.82, 2.24) is 10.3 Å². The number of ether oxygens (including phenoxy) is 1. The van der Waals surface area contributed by atoms with Gasteiger partial charge in [0.2, 0.25) is 0 Å². The molecule has 0 saturated carbocycles. The molecule has 1 N–H and O–H groups in total. The second kappa shape index (κ2) is 6.20. The van der Waals surface area contributed by atoms with Crippen molar-refractivity contribution in [2.24, 2.45) is 0 Å². The van der Waals surface area contributed by atoms with Crippen molar-refractivity contribution >= 4 is 6.01 Å². The highest BCUT2D eigenvalue weighted by molar-refractivity contribution is 5.25. The van der Waals surface area contributed by atoms with Gasteiger partial charge in [0.25, 0.3) is 6.01 Å². The Labute approximate surface area is 109 Å². The summed E-state index contributed by atoms with van der Waals surface area (Å²) in [7, 11) is 1.99. The molecule has 2 rings (SSSR count). The number of rotatable bonds is 6. The van der Waals surface area contributed by atoms with Gasteiger partial charge < -0.3 is 19.4 Å². The second-order valence-electron chi connectivity index (χ2n) is 5.17. The van der Waals surface area contributed by atoms with Gasteiger partial charge in [-0.15, -0.1) is 0 Å². The minimum absolute atomic E-state index is 0.319. The van der Waals surface area contributed by atoms with Gasteiger partial charge in [0.05, 0.1) is 11.8 Å². The predicted octanol–water partition coefficient (Wildman–Crippen LogP) is 1.79. The maximum Gasteiger partial charge on any atom is 0.297 e. The van der Waals surface area contributed by atoms with Gasteiger partial charge >= 0.3 is 0 Å². The highest BCUT2D eigenvalue weighted by Gasteiger charge is 2.19. The Balaban J connectivity index is 1.84. The van der Waals surface area contributed by atoms with Gasteiger partial charge in [0, 0.05) is 32.8 Å². The predicted molar refractivity (Wildman–Crippen MR) is 70.7 cm³/mol. The third-order valence-corrected chi connectivity index (χ3v) is 3.06. The Morgan fingerprint density at radius 3 is 3.06 bits per heavy atom. The fourth-order valence-corrected chi connectivity index (χ4v) is 2.03. The van der Waals surface area contributed by atoms with E-state index in [1.165, 1.54) is 0 Å². The molecule has 5 nitrogen and oxygen atoms in total. The first kappa shape index (κ1) is 13.4. The summed E-state index contributed by atoms with van der Waals surface area (Å²) in [6.45, 7) is 6.70. The highest BCUT2D eigenvalue weighted by Crippen LogP contribution is 2.17. The molecule has 0 bridgehead atoms. The molecule has 0 radical (unpaired) electrons. The minimum atomic E-state index is 0.319. The smallest absolute Gasteiger partial charge is 0.297 e. The van der Waals surface area contributed by atoms with Crippen LogP contribution in [0.2, 0.25) is 0 Å². The molecular formula is C13H23N3O2. The van der Waals surface area contributed by atoms with Gasteiger partial charge in [-0.2, -0.15) is 4.98 Å². The highest BCUT2D eigenvalue weighted by atomic mass is 16.5. The number of aromatic nitrogens is 1. The van der Waals surface area contributed by atoms with Gasteiger partial charge in [0.1, 0.15) is 6.26 Å². The Morgan fingerprint density at radius 2 is 2.39 bits per heavy atom. The first-order valence-electron chi connectivity index (χ1n) is 6.65. The number of hydrogen-bond donors (Lipinski definition) is 1. The molecule has 1 aromatic rings. The van der Waals surface area contributed by atoms with Crippen LogP contribution in [0.5, 0.6) is 0 Å². The summed E-state index contributed by atoms with van der Waals surface area (Å²) in [5, 5.41) is 3.32. The molecule has 0 spiro atoms. The zero-order valence-corrected chi connectivity index (χ0v) is 11.5. The Hall–Kier alpha value is -1.07. The molecule has 1 aliphatic rings. The molecule has 1 atom stereocenters. The van der Waals surface area contributed by atoms with Crippen molar-refractivity contribution in [3.8, 4) is 0 Å². The Bertz CT molecular complexity index is 359. The first-order valence-corrected chi connectivity index (χ1v) is 6.65. The summed E-state index contributed by atoms with van der Waals surface area (Å²) in [4.78, 5) is 6.49. The van der Waals surface area contributed by atoms with Crippen molar-refractivity contribution in [1.29, 1.82) is 0 Å². The first-order chi connectivity index (χ1) is 8.65. The van der Waals surface area contributed by atoms with Crippen LogP contribution in [-0.2, 0) is 11.3 Å². The van der Waals surface area contributed by atoms with Crippen LogP contribution in [0.15, 0.2) is 10.7 Å². The molecule has 102 valence electrons. The minimum Gasteiger partial charge on any atom is -0.432 e. The molecule has 18 heavy (non-hydrogen) atoms. The van der Waals surface area contributed by atoms with E-state index in [0.717, 1.165) is 38.2 Å². The topological polar surface area (TPSA) is 50.5 Å². The number of nitrogens with zero attached hydrogens (tertiary/aromatic N) is 2. The second-order valence-corrected chi connectivity index (χ2v) is 5.17. The Morgan fingerprint density at radius 1 is 1.56 bits per heavy atom. The van der Waals surface area contributed by atoms with Crippen LogP contribution in [0.3, 0.4) is 0 Å². The van der Waals surface area contributed by atoms with E-state index in [1.54, 1.807) is 6.26 Å². The lowest BCUT2D eigenvalue weighted by Crippen LogP contribution is -2.28.